The number of thioether (sulfide) groups is 1. The van der Waals surface area contributed by atoms with Crippen LogP contribution in [0.3, 0.4) is 0 Å². The van der Waals surface area contributed by atoms with Gasteiger partial charge >= 0.3 is 0 Å². The largest absolute Gasteiger partial charge is 0.377 e. The number of aromatic nitrogens is 2. The van der Waals surface area contributed by atoms with Crippen LogP contribution in [-0.2, 0) is 7.05 Å². The fourth-order valence-electron chi connectivity index (χ4n) is 3.02. The van der Waals surface area contributed by atoms with Gasteiger partial charge in [-0.05, 0) is 31.2 Å². The highest BCUT2D eigenvalue weighted by atomic mass is 32.2. The predicted molar refractivity (Wildman–Crippen MR) is 118 cm³/mol. The summed E-state index contributed by atoms with van der Waals surface area (Å²) in [5.41, 5.74) is 4.69. The van der Waals surface area contributed by atoms with Gasteiger partial charge in [0.25, 0.3) is 5.91 Å². The molecule has 0 radical (unpaired) electrons. The summed E-state index contributed by atoms with van der Waals surface area (Å²) in [6.07, 6.45) is 8.50. The van der Waals surface area contributed by atoms with Crippen LogP contribution in [0, 0.1) is 5.41 Å². The molecule has 7 nitrogen and oxygen atoms in total. The van der Waals surface area contributed by atoms with Crippen LogP contribution in [0.4, 0.5) is 5.69 Å². The summed E-state index contributed by atoms with van der Waals surface area (Å²) in [5.74, 6) is 0.406. The lowest BCUT2D eigenvalue weighted by Crippen LogP contribution is -2.29. The molecule has 8 heteroatoms. The van der Waals surface area contributed by atoms with Gasteiger partial charge in [-0.2, -0.15) is 0 Å². The third kappa shape index (κ3) is 3.87. The zero-order valence-electron chi connectivity index (χ0n) is 16.5. The van der Waals surface area contributed by atoms with Gasteiger partial charge in [0.1, 0.15) is 11.3 Å². The number of nitrogens with one attached hydrogen (secondary N) is 1. The number of carbonyl (C=O) groups is 1. The molecule has 0 bridgehead atoms. The van der Waals surface area contributed by atoms with E-state index in [1.165, 1.54) is 4.90 Å². The quantitative estimate of drug-likeness (QED) is 0.635. The Morgan fingerprint density at radius 1 is 1.43 bits per heavy atom. The zero-order valence-corrected chi connectivity index (χ0v) is 17.3. The summed E-state index contributed by atoms with van der Waals surface area (Å²) in [4.78, 5) is 25.5. The molecule has 3 heterocycles. The summed E-state index contributed by atoms with van der Waals surface area (Å²) in [6.45, 7) is 1.98. The molecule has 0 aromatic carbocycles. The number of aliphatic imine (C=N–C) groups is 1. The first-order chi connectivity index (χ1) is 13.4. The second-order valence-electron chi connectivity index (χ2n) is 6.67. The standard InChI is InChI=1S/C20H24N6OS/c1-14-5-6-15(8-10-28-13-23-14)26(12-21)20(27)18-11-16-17(24(2)3)7-9-22-19(16)25(18)4/h5-9,11-14,21H,10H2,1-4H3/b6-5-,15-8+,21-12?,23-13?. The maximum Gasteiger partial charge on any atom is 0.280 e. The van der Waals surface area contributed by atoms with Gasteiger partial charge in [0, 0.05) is 49.9 Å². The van der Waals surface area contributed by atoms with E-state index in [2.05, 4.69) is 9.98 Å². The molecule has 1 aliphatic heterocycles. The molecule has 1 atom stereocenters. The minimum atomic E-state index is -0.270. The highest BCUT2D eigenvalue weighted by Gasteiger charge is 2.23. The normalized spacial score (nSPS) is 19.9. The van der Waals surface area contributed by atoms with E-state index in [1.807, 2.05) is 68.9 Å². The maximum absolute atomic E-state index is 13.3. The number of carbonyl (C=O) groups excluding carboxylic acids is 1. The number of hydrogen-bond acceptors (Lipinski definition) is 6. The Kier molecular flexibility index (Phi) is 5.99. The van der Waals surface area contributed by atoms with Crippen molar-refractivity contribution < 1.29 is 4.79 Å². The van der Waals surface area contributed by atoms with E-state index in [1.54, 1.807) is 22.5 Å². The monoisotopic (exact) mass is 396 g/mol. The Balaban J connectivity index is 2.03. The van der Waals surface area contributed by atoms with Crippen LogP contribution in [0.25, 0.3) is 11.0 Å². The van der Waals surface area contributed by atoms with Gasteiger partial charge in [-0.3, -0.25) is 20.1 Å². The van der Waals surface area contributed by atoms with Gasteiger partial charge < -0.3 is 9.47 Å². The molecule has 146 valence electrons. The second kappa shape index (κ2) is 8.43. The van der Waals surface area contributed by atoms with Gasteiger partial charge in [-0.25, -0.2) is 4.98 Å². The van der Waals surface area contributed by atoms with Crippen molar-refractivity contribution in [3.63, 3.8) is 0 Å². The number of fused-ring (bicyclic) bond motifs is 1. The number of anilines is 1. The predicted octanol–water partition coefficient (Wildman–Crippen LogP) is 3.29. The van der Waals surface area contributed by atoms with Crippen molar-refractivity contribution in [2.75, 3.05) is 24.7 Å². The molecule has 28 heavy (non-hydrogen) atoms. The SMILES string of the molecule is CC1/C=C\C(N(C=N)C(=O)c2cc3c(N(C)C)ccnc3n2C)=C/CSC=N1. The molecule has 1 N–H and O–H groups in total. The Hall–Kier alpha value is -2.87. The minimum Gasteiger partial charge on any atom is -0.377 e. The molecular weight excluding hydrogens is 372 g/mol. The van der Waals surface area contributed by atoms with Crippen molar-refractivity contribution in [2.45, 2.75) is 13.0 Å². The highest BCUT2D eigenvalue weighted by molar-refractivity contribution is 8.12. The van der Waals surface area contributed by atoms with E-state index in [0.717, 1.165) is 23.1 Å². The number of pyridine rings is 1. The molecule has 2 aromatic heterocycles. The Morgan fingerprint density at radius 2 is 2.21 bits per heavy atom. The van der Waals surface area contributed by atoms with Crippen LogP contribution in [0.1, 0.15) is 17.4 Å². The molecule has 0 fully saturated rings. The average molecular weight is 397 g/mol. The lowest BCUT2D eigenvalue weighted by atomic mass is 10.2. The molecular formula is C20H24N6OS. The Bertz CT molecular complexity index is 988. The van der Waals surface area contributed by atoms with Crippen LogP contribution in [0.5, 0.6) is 0 Å². The first kappa shape index (κ1) is 19.9. The van der Waals surface area contributed by atoms with Gasteiger partial charge in [-0.15, -0.1) is 11.8 Å². The number of nitrogens with zero attached hydrogens (tertiary/aromatic N) is 5. The lowest BCUT2D eigenvalue weighted by Gasteiger charge is -2.19. The zero-order chi connectivity index (χ0) is 20.3. The molecule has 0 aliphatic carbocycles. The molecule has 1 amide bonds. The molecule has 0 saturated carbocycles. The van der Waals surface area contributed by atoms with Gasteiger partial charge in [0.15, 0.2) is 0 Å². The lowest BCUT2D eigenvalue weighted by molar-refractivity contribution is 0.0875. The van der Waals surface area contributed by atoms with Crippen molar-refractivity contribution in [1.29, 1.82) is 5.41 Å². The molecule has 1 unspecified atom stereocenters. The summed E-state index contributed by atoms with van der Waals surface area (Å²) in [5, 5.41) is 8.76. The van der Waals surface area contributed by atoms with E-state index >= 15 is 0 Å². The van der Waals surface area contributed by atoms with Crippen molar-refractivity contribution >= 4 is 46.3 Å². The van der Waals surface area contributed by atoms with Crippen molar-refractivity contribution in [3.8, 4) is 0 Å². The van der Waals surface area contributed by atoms with E-state index in [9.17, 15) is 4.79 Å². The minimum absolute atomic E-state index is 0.0150. The molecule has 0 spiro atoms. The first-order valence-electron chi connectivity index (χ1n) is 8.91. The first-order valence-corrected chi connectivity index (χ1v) is 9.96. The average Bonchev–Trinajstić information content (AvgIpc) is 3.06. The third-order valence-electron chi connectivity index (χ3n) is 4.54. The van der Waals surface area contributed by atoms with Crippen molar-refractivity contribution in [2.24, 2.45) is 12.0 Å². The maximum atomic E-state index is 13.3. The van der Waals surface area contributed by atoms with Crippen LogP contribution in [0.15, 0.2) is 47.2 Å². The van der Waals surface area contributed by atoms with Crippen LogP contribution in [0.2, 0.25) is 0 Å². The van der Waals surface area contributed by atoms with Crippen LogP contribution in [-0.4, -0.2) is 58.1 Å². The van der Waals surface area contributed by atoms with E-state index in [4.69, 9.17) is 5.41 Å². The van der Waals surface area contributed by atoms with Crippen LogP contribution >= 0.6 is 11.8 Å². The van der Waals surface area contributed by atoms with E-state index in [0.29, 0.717) is 17.1 Å². The summed E-state index contributed by atoms with van der Waals surface area (Å²) >= 11 is 1.56. The van der Waals surface area contributed by atoms with Gasteiger partial charge in [0.05, 0.1) is 17.9 Å². The summed E-state index contributed by atoms with van der Waals surface area (Å²) < 4.78 is 1.78. The summed E-state index contributed by atoms with van der Waals surface area (Å²) in [7, 11) is 5.74. The Labute approximate surface area is 168 Å². The molecule has 3 rings (SSSR count). The third-order valence-corrected chi connectivity index (χ3v) is 5.17. The molecule has 1 aliphatic rings. The van der Waals surface area contributed by atoms with E-state index in [-0.39, 0.29) is 11.9 Å². The number of rotatable bonds is 4. The van der Waals surface area contributed by atoms with Gasteiger partial charge in [-0.1, -0.05) is 6.08 Å². The van der Waals surface area contributed by atoms with Crippen molar-refractivity contribution in [3.05, 3.63) is 47.9 Å². The number of hydrogen-bond donors (Lipinski definition) is 1. The van der Waals surface area contributed by atoms with E-state index < -0.39 is 0 Å². The Morgan fingerprint density at radius 3 is 2.93 bits per heavy atom. The highest BCUT2D eigenvalue weighted by Crippen LogP contribution is 2.27. The topological polar surface area (TPSA) is 77.6 Å². The fraction of sp³-hybridized carbons (Fsp3) is 0.300. The summed E-state index contributed by atoms with van der Waals surface area (Å²) in [6, 6.07) is 3.78. The number of amides is 1. The molecule has 0 saturated heterocycles. The number of aryl methyl sites for hydroxylation is 1. The van der Waals surface area contributed by atoms with Gasteiger partial charge in [0.2, 0.25) is 0 Å². The second-order valence-corrected chi connectivity index (χ2v) is 7.55. The van der Waals surface area contributed by atoms with Crippen LogP contribution < -0.4 is 4.90 Å². The smallest absolute Gasteiger partial charge is 0.280 e. The fourth-order valence-corrected chi connectivity index (χ4v) is 3.66. The molecule has 2 aromatic rings. The number of allylic oxidation sites excluding steroid dienone is 1. The van der Waals surface area contributed by atoms with Crippen molar-refractivity contribution in [1.82, 2.24) is 14.5 Å².